The topological polar surface area (TPSA) is 67.4 Å². The van der Waals surface area contributed by atoms with Gasteiger partial charge < -0.3 is 4.74 Å². The summed E-state index contributed by atoms with van der Waals surface area (Å²) >= 11 is 7.28. The second kappa shape index (κ2) is 10.7. The predicted molar refractivity (Wildman–Crippen MR) is 105 cm³/mol. The van der Waals surface area contributed by atoms with Crippen molar-refractivity contribution in [2.75, 3.05) is 12.4 Å². The molecule has 0 aliphatic heterocycles. The van der Waals surface area contributed by atoms with E-state index < -0.39 is 5.91 Å². The third kappa shape index (κ3) is 6.98. The fourth-order valence-corrected chi connectivity index (χ4v) is 3.05. The lowest BCUT2D eigenvalue weighted by Crippen LogP contribution is -2.44. The highest BCUT2D eigenvalue weighted by Crippen LogP contribution is 2.18. The Morgan fingerprint density at radius 3 is 2.46 bits per heavy atom. The highest BCUT2D eigenvalue weighted by atomic mass is 35.5. The standard InChI is InChI=1S/C19H21ClN2O3S/c1-2-15-5-3-4-6-17(15)25-11-18(23)21-22-19(24)13-26-12-14-7-9-16(20)10-8-14/h3-10H,2,11-13H2,1H3,(H,21,23)(H,22,24). The molecule has 7 heteroatoms. The van der Waals surface area contributed by atoms with E-state index in [1.54, 1.807) is 0 Å². The Bertz CT molecular complexity index is 738. The van der Waals surface area contributed by atoms with Gasteiger partial charge in [-0.05, 0) is 35.7 Å². The SMILES string of the molecule is CCc1ccccc1OCC(=O)NNC(=O)CSCc1ccc(Cl)cc1. The predicted octanol–water partition coefficient (Wildman–Crippen LogP) is 3.36. The van der Waals surface area contributed by atoms with Gasteiger partial charge in [0.05, 0.1) is 5.75 Å². The van der Waals surface area contributed by atoms with E-state index in [1.807, 2.05) is 55.5 Å². The molecule has 138 valence electrons. The molecule has 0 saturated carbocycles. The zero-order valence-corrected chi connectivity index (χ0v) is 16.0. The average molecular weight is 393 g/mol. The third-order valence-corrected chi connectivity index (χ3v) is 4.72. The molecular formula is C19H21ClN2O3S. The number of hydrogen-bond acceptors (Lipinski definition) is 4. The molecule has 0 aliphatic rings. The monoisotopic (exact) mass is 392 g/mol. The molecule has 2 amide bonds. The van der Waals surface area contributed by atoms with Crippen LogP contribution < -0.4 is 15.6 Å². The first kappa shape index (κ1) is 20.1. The lowest BCUT2D eigenvalue weighted by Gasteiger charge is -2.11. The van der Waals surface area contributed by atoms with Crippen LogP contribution in [0.3, 0.4) is 0 Å². The molecule has 0 bridgehead atoms. The molecule has 0 saturated heterocycles. The van der Waals surface area contributed by atoms with Gasteiger partial charge in [0.25, 0.3) is 5.91 Å². The molecule has 0 aliphatic carbocycles. The van der Waals surface area contributed by atoms with Crippen molar-refractivity contribution in [1.82, 2.24) is 10.9 Å². The van der Waals surface area contributed by atoms with E-state index in [-0.39, 0.29) is 18.3 Å². The molecule has 5 nitrogen and oxygen atoms in total. The van der Waals surface area contributed by atoms with Gasteiger partial charge in [0.2, 0.25) is 5.91 Å². The van der Waals surface area contributed by atoms with Crippen LogP contribution in [0.1, 0.15) is 18.1 Å². The van der Waals surface area contributed by atoms with E-state index in [1.165, 1.54) is 11.8 Å². The largest absolute Gasteiger partial charge is 0.483 e. The van der Waals surface area contributed by atoms with Gasteiger partial charge in [-0.2, -0.15) is 0 Å². The number of thioether (sulfide) groups is 1. The van der Waals surface area contributed by atoms with Crippen LogP contribution in [0, 0.1) is 0 Å². The van der Waals surface area contributed by atoms with Gasteiger partial charge in [0.1, 0.15) is 5.75 Å². The highest BCUT2D eigenvalue weighted by Gasteiger charge is 2.07. The van der Waals surface area contributed by atoms with Gasteiger partial charge in [0, 0.05) is 10.8 Å². The number of para-hydroxylation sites is 1. The number of aryl methyl sites for hydroxylation is 1. The molecular weight excluding hydrogens is 372 g/mol. The van der Waals surface area contributed by atoms with E-state index in [0.29, 0.717) is 16.5 Å². The molecule has 0 aromatic heterocycles. The first-order chi connectivity index (χ1) is 12.6. The maximum Gasteiger partial charge on any atom is 0.276 e. The number of nitrogens with one attached hydrogen (secondary N) is 2. The quantitative estimate of drug-likeness (QED) is 0.676. The second-order valence-electron chi connectivity index (χ2n) is 5.47. The summed E-state index contributed by atoms with van der Waals surface area (Å²) in [5, 5.41) is 0.683. The van der Waals surface area contributed by atoms with E-state index in [4.69, 9.17) is 16.3 Å². The molecule has 2 N–H and O–H groups in total. The molecule has 0 spiro atoms. The summed E-state index contributed by atoms with van der Waals surface area (Å²) in [5.41, 5.74) is 6.85. The highest BCUT2D eigenvalue weighted by molar-refractivity contribution is 7.99. The summed E-state index contributed by atoms with van der Waals surface area (Å²) in [6.45, 7) is 1.86. The molecule has 0 fully saturated rings. The minimum Gasteiger partial charge on any atom is -0.483 e. The Morgan fingerprint density at radius 1 is 1.04 bits per heavy atom. The normalized spacial score (nSPS) is 10.2. The number of halogens is 1. The van der Waals surface area contributed by atoms with Crippen LogP contribution in [0.15, 0.2) is 48.5 Å². The van der Waals surface area contributed by atoms with Crippen molar-refractivity contribution in [3.8, 4) is 5.75 Å². The molecule has 0 atom stereocenters. The number of rotatable bonds is 8. The van der Waals surface area contributed by atoms with Crippen LogP contribution in [-0.4, -0.2) is 24.2 Å². The van der Waals surface area contributed by atoms with Gasteiger partial charge >= 0.3 is 0 Å². The maximum absolute atomic E-state index is 11.8. The number of carbonyl (C=O) groups excluding carboxylic acids is 2. The van der Waals surface area contributed by atoms with Crippen molar-refractivity contribution < 1.29 is 14.3 Å². The van der Waals surface area contributed by atoms with Crippen LogP contribution in [0.5, 0.6) is 5.75 Å². The van der Waals surface area contributed by atoms with Crippen LogP contribution in [-0.2, 0) is 21.8 Å². The summed E-state index contributed by atoms with van der Waals surface area (Å²) in [7, 11) is 0. The Morgan fingerprint density at radius 2 is 1.73 bits per heavy atom. The van der Waals surface area contributed by atoms with Gasteiger partial charge in [-0.3, -0.25) is 20.4 Å². The first-order valence-corrected chi connectivity index (χ1v) is 9.72. The number of hydrazine groups is 1. The Kier molecular flexibility index (Phi) is 8.31. The first-order valence-electron chi connectivity index (χ1n) is 8.19. The van der Waals surface area contributed by atoms with Crippen molar-refractivity contribution in [3.63, 3.8) is 0 Å². The lowest BCUT2D eigenvalue weighted by molar-refractivity contribution is -0.128. The number of hydrogen-bond donors (Lipinski definition) is 2. The van der Waals surface area contributed by atoms with Crippen molar-refractivity contribution in [2.45, 2.75) is 19.1 Å². The number of ether oxygens (including phenoxy) is 1. The smallest absolute Gasteiger partial charge is 0.276 e. The molecule has 2 rings (SSSR count). The van der Waals surface area contributed by atoms with E-state index in [9.17, 15) is 9.59 Å². The molecule has 0 heterocycles. The van der Waals surface area contributed by atoms with Gasteiger partial charge in [0.15, 0.2) is 6.61 Å². The molecule has 0 unspecified atom stereocenters. The molecule has 2 aromatic carbocycles. The van der Waals surface area contributed by atoms with Gasteiger partial charge in [-0.15, -0.1) is 11.8 Å². The summed E-state index contributed by atoms with van der Waals surface area (Å²) in [4.78, 5) is 23.5. The van der Waals surface area contributed by atoms with Crippen LogP contribution in [0.4, 0.5) is 0 Å². The Balaban J connectivity index is 1.63. The summed E-state index contributed by atoms with van der Waals surface area (Å²) in [5.74, 6) is 0.922. The summed E-state index contributed by atoms with van der Waals surface area (Å²) in [6.07, 6.45) is 0.819. The van der Waals surface area contributed by atoms with Crippen molar-refractivity contribution >= 4 is 35.2 Å². The second-order valence-corrected chi connectivity index (χ2v) is 6.89. The number of carbonyl (C=O) groups is 2. The number of amides is 2. The Hall–Kier alpha value is -2.18. The third-order valence-electron chi connectivity index (χ3n) is 3.47. The van der Waals surface area contributed by atoms with E-state index in [0.717, 1.165) is 17.5 Å². The van der Waals surface area contributed by atoms with Crippen LogP contribution in [0.25, 0.3) is 0 Å². The fraction of sp³-hybridized carbons (Fsp3) is 0.263. The van der Waals surface area contributed by atoms with Gasteiger partial charge in [-0.25, -0.2) is 0 Å². The van der Waals surface area contributed by atoms with E-state index in [2.05, 4.69) is 10.9 Å². The molecule has 2 aromatic rings. The fourth-order valence-electron chi connectivity index (χ4n) is 2.13. The van der Waals surface area contributed by atoms with Crippen molar-refractivity contribution in [3.05, 3.63) is 64.7 Å². The lowest BCUT2D eigenvalue weighted by atomic mass is 10.1. The Labute approximate surface area is 162 Å². The zero-order valence-electron chi connectivity index (χ0n) is 14.5. The zero-order chi connectivity index (χ0) is 18.8. The van der Waals surface area contributed by atoms with Crippen molar-refractivity contribution in [2.24, 2.45) is 0 Å². The average Bonchev–Trinajstić information content (AvgIpc) is 2.66. The maximum atomic E-state index is 11.8. The molecule has 0 radical (unpaired) electrons. The van der Waals surface area contributed by atoms with Gasteiger partial charge in [-0.1, -0.05) is 48.9 Å². The van der Waals surface area contributed by atoms with Crippen LogP contribution >= 0.6 is 23.4 Å². The van der Waals surface area contributed by atoms with Crippen molar-refractivity contribution in [1.29, 1.82) is 0 Å². The summed E-state index contributed by atoms with van der Waals surface area (Å²) < 4.78 is 5.49. The summed E-state index contributed by atoms with van der Waals surface area (Å²) in [6, 6.07) is 15.0. The molecule has 26 heavy (non-hydrogen) atoms. The van der Waals surface area contributed by atoms with Crippen LogP contribution in [0.2, 0.25) is 5.02 Å². The minimum absolute atomic E-state index is 0.158. The number of benzene rings is 2. The van der Waals surface area contributed by atoms with E-state index >= 15 is 0 Å². The minimum atomic E-state index is -0.410.